The maximum atomic E-state index is 4.36. The number of aryl methyl sites for hydroxylation is 1. The normalized spacial score (nSPS) is 35.1. The quantitative estimate of drug-likeness (QED) is 0.775. The Balaban J connectivity index is 1.68. The van der Waals surface area contributed by atoms with Gasteiger partial charge in [-0.1, -0.05) is 6.42 Å². The first-order valence-corrected chi connectivity index (χ1v) is 5.57. The maximum absolute atomic E-state index is 4.36. The number of hydrogen-bond acceptors (Lipinski definition) is 2. The minimum Gasteiger partial charge on any atom is -0.366 e. The minimum atomic E-state index is 0.698. The maximum Gasteiger partial charge on any atom is 0.148 e. The molecule has 1 N–H and O–H groups in total. The number of nitrogens with one attached hydrogen (secondary N) is 1. The first-order chi connectivity index (χ1) is 6.81. The van der Waals surface area contributed by atoms with E-state index in [9.17, 15) is 0 Å². The lowest BCUT2D eigenvalue weighted by Gasteiger charge is -2.22. The van der Waals surface area contributed by atoms with Crippen LogP contribution in [-0.2, 0) is 7.05 Å². The van der Waals surface area contributed by atoms with E-state index in [0.717, 1.165) is 17.7 Å². The van der Waals surface area contributed by atoms with Gasteiger partial charge in [-0.05, 0) is 31.1 Å². The summed E-state index contributed by atoms with van der Waals surface area (Å²) in [6.45, 7) is 0. The van der Waals surface area contributed by atoms with Crippen molar-refractivity contribution >= 4 is 5.82 Å². The monoisotopic (exact) mass is 191 g/mol. The van der Waals surface area contributed by atoms with Crippen molar-refractivity contribution in [2.75, 3.05) is 5.32 Å². The summed E-state index contributed by atoms with van der Waals surface area (Å²) < 4.78 is 1.86. The van der Waals surface area contributed by atoms with Crippen molar-refractivity contribution in [3.8, 4) is 0 Å². The summed E-state index contributed by atoms with van der Waals surface area (Å²) in [6, 6.07) is 2.76. The summed E-state index contributed by atoms with van der Waals surface area (Å²) in [5, 5.41) is 7.92. The molecule has 76 valence electrons. The van der Waals surface area contributed by atoms with Crippen molar-refractivity contribution in [2.45, 2.75) is 31.7 Å². The van der Waals surface area contributed by atoms with E-state index in [1.54, 1.807) is 0 Å². The fourth-order valence-corrected chi connectivity index (χ4v) is 3.10. The first kappa shape index (κ1) is 8.33. The smallest absolute Gasteiger partial charge is 0.148 e. The predicted octanol–water partition coefficient (Wildman–Crippen LogP) is 2.02. The van der Waals surface area contributed by atoms with Gasteiger partial charge in [0.1, 0.15) is 5.82 Å². The van der Waals surface area contributed by atoms with Crippen molar-refractivity contribution in [2.24, 2.45) is 18.9 Å². The molecular formula is C11H17N3. The van der Waals surface area contributed by atoms with Gasteiger partial charge >= 0.3 is 0 Å². The molecule has 3 atom stereocenters. The molecule has 0 amide bonds. The zero-order valence-corrected chi connectivity index (χ0v) is 8.61. The van der Waals surface area contributed by atoms with Gasteiger partial charge in [-0.2, -0.15) is 5.10 Å². The van der Waals surface area contributed by atoms with Gasteiger partial charge in [0, 0.05) is 25.4 Å². The molecule has 0 spiro atoms. The molecule has 3 rings (SSSR count). The van der Waals surface area contributed by atoms with Crippen LogP contribution in [0.1, 0.15) is 25.7 Å². The highest BCUT2D eigenvalue weighted by molar-refractivity contribution is 5.34. The summed E-state index contributed by atoms with van der Waals surface area (Å²) in [4.78, 5) is 0. The number of hydrogen-bond donors (Lipinski definition) is 1. The van der Waals surface area contributed by atoms with Gasteiger partial charge < -0.3 is 5.32 Å². The molecular weight excluding hydrogens is 174 g/mol. The molecule has 2 aliphatic carbocycles. The fraction of sp³-hybridized carbons (Fsp3) is 0.727. The van der Waals surface area contributed by atoms with E-state index in [2.05, 4.69) is 16.5 Å². The van der Waals surface area contributed by atoms with E-state index in [1.165, 1.54) is 25.7 Å². The van der Waals surface area contributed by atoms with Gasteiger partial charge in [0.25, 0.3) is 0 Å². The van der Waals surface area contributed by atoms with Crippen molar-refractivity contribution in [1.29, 1.82) is 0 Å². The highest BCUT2D eigenvalue weighted by Gasteiger charge is 2.39. The van der Waals surface area contributed by atoms with Crippen molar-refractivity contribution in [3.05, 3.63) is 12.3 Å². The molecule has 3 heteroatoms. The number of rotatable bonds is 2. The van der Waals surface area contributed by atoms with Gasteiger partial charge in [-0.25, -0.2) is 0 Å². The Morgan fingerprint density at radius 3 is 2.93 bits per heavy atom. The van der Waals surface area contributed by atoms with Crippen LogP contribution in [0.3, 0.4) is 0 Å². The molecule has 2 fully saturated rings. The van der Waals surface area contributed by atoms with Crippen LogP contribution >= 0.6 is 0 Å². The summed E-state index contributed by atoms with van der Waals surface area (Å²) in [6.07, 6.45) is 7.70. The van der Waals surface area contributed by atoms with E-state index in [0.29, 0.717) is 6.04 Å². The molecule has 1 heterocycles. The largest absolute Gasteiger partial charge is 0.366 e. The van der Waals surface area contributed by atoms with Crippen LogP contribution in [0.25, 0.3) is 0 Å². The van der Waals surface area contributed by atoms with Crippen LogP contribution in [0.4, 0.5) is 5.82 Å². The van der Waals surface area contributed by atoms with E-state index in [1.807, 2.05) is 17.9 Å². The first-order valence-electron chi connectivity index (χ1n) is 5.57. The summed E-state index contributed by atoms with van der Waals surface area (Å²) >= 11 is 0. The third kappa shape index (κ3) is 1.31. The predicted molar refractivity (Wildman–Crippen MR) is 56.1 cm³/mol. The van der Waals surface area contributed by atoms with Gasteiger partial charge in [0.15, 0.2) is 0 Å². The molecule has 3 nitrogen and oxygen atoms in total. The minimum absolute atomic E-state index is 0.698. The lowest BCUT2D eigenvalue weighted by molar-refractivity contribution is 0.438. The molecule has 1 aromatic rings. The highest BCUT2D eigenvalue weighted by atomic mass is 15.3. The average molecular weight is 191 g/mol. The number of fused-ring (bicyclic) bond motifs is 2. The van der Waals surface area contributed by atoms with Gasteiger partial charge in [0.05, 0.1) is 0 Å². The van der Waals surface area contributed by atoms with E-state index in [-0.39, 0.29) is 0 Å². The molecule has 0 radical (unpaired) electrons. The second-order valence-corrected chi connectivity index (χ2v) is 4.80. The zero-order chi connectivity index (χ0) is 9.54. The molecule has 2 bridgehead atoms. The van der Waals surface area contributed by atoms with Crippen LogP contribution in [0, 0.1) is 11.8 Å². The SMILES string of the molecule is Cn1ccc(N[C@H]2C[C@@H]3CC[C@@H]2C3)n1. The van der Waals surface area contributed by atoms with E-state index in [4.69, 9.17) is 0 Å². The molecule has 2 saturated carbocycles. The Kier molecular flexibility index (Phi) is 1.79. The lowest BCUT2D eigenvalue weighted by atomic mass is 9.95. The standard InChI is InChI=1S/C11H17N3/c1-14-5-4-11(13-14)12-10-7-8-2-3-9(10)6-8/h4-5,8-10H,2-3,6-7H2,1H3,(H,12,13)/t8-,9-,10+/m1/s1. The Morgan fingerprint density at radius 2 is 2.36 bits per heavy atom. The molecule has 1 aromatic heterocycles. The van der Waals surface area contributed by atoms with Crippen LogP contribution in [0.15, 0.2) is 12.3 Å². The Bertz CT molecular complexity index is 331. The second kappa shape index (κ2) is 3.01. The summed E-state index contributed by atoms with van der Waals surface area (Å²) in [5.74, 6) is 2.97. The Morgan fingerprint density at radius 1 is 1.43 bits per heavy atom. The molecule has 2 aliphatic rings. The number of aromatic nitrogens is 2. The van der Waals surface area contributed by atoms with Crippen molar-refractivity contribution in [1.82, 2.24) is 9.78 Å². The van der Waals surface area contributed by atoms with Gasteiger partial charge in [-0.15, -0.1) is 0 Å². The molecule has 0 aliphatic heterocycles. The third-order valence-corrected chi connectivity index (χ3v) is 3.78. The number of nitrogens with zero attached hydrogens (tertiary/aromatic N) is 2. The second-order valence-electron chi connectivity index (χ2n) is 4.80. The Hall–Kier alpha value is -0.990. The molecule has 14 heavy (non-hydrogen) atoms. The van der Waals surface area contributed by atoms with Gasteiger partial charge in [-0.3, -0.25) is 4.68 Å². The molecule has 0 unspecified atom stereocenters. The summed E-state index contributed by atoms with van der Waals surface area (Å²) in [7, 11) is 1.96. The van der Waals surface area contributed by atoms with Crippen LogP contribution in [0.5, 0.6) is 0 Å². The van der Waals surface area contributed by atoms with Crippen molar-refractivity contribution in [3.63, 3.8) is 0 Å². The third-order valence-electron chi connectivity index (χ3n) is 3.78. The van der Waals surface area contributed by atoms with Crippen LogP contribution < -0.4 is 5.32 Å². The topological polar surface area (TPSA) is 29.9 Å². The summed E-state index contributed by atoms with van der Waals surface area (Å²) in [5.41, 5.74) is 0. The fourth-order valence-electron chi connectivity index (χ4n) is 3.10. The lowest BCUT2D eigenvalue weighted by Crippen LogP contribution is -2.26. The zero-order valence-electron chi connectivity index (χ0n) is 8.61. The van der Waals surface area contributed by atoms with Crippen molar-refractivity contribution < 1.29 is 0 Å². The van der Waals surface area contributed by atoms with Gasteiger partial charge in [0.2, 0.25) is 0 Å². The van der Waals surface area contributed by atoms with Crippen LogP contribution in [-0.4, -0.2) is 15.8 Å². The van der Waals surface area contributed by atoms with E-state index >= 15 is 0 Å². The Labute approximate surface area is 84.5 Å². The highest BCUT2D eigenvalue weighted by Crippen LogP contribution is 2.45. The average Bonchev–Trinajstić information content (AvgIpc) is 2.82. The van der Waals surface area contributed by atoms with E-state index < -0.39 is 0 Å². The van der Waals surface area contributed by atoms with Crippen LogP contribution in [0.2, 0.25) is 0 Å². The molecule has 0 saturated heterocycles. The number of anilines is 1. The molecule has 0 aromatic carbocycles.